The van der Waals surface area contributed by atoms with E-state index in [1.54, 1.807) is 0 Å². The summed E-state index contributed by atoms with van der Waals surface area (Å²) in [7, 11) is 0. The van der Waals surface area contributed by atoms with Gasteiger partial charge in [-0.15, -0.1) is 0 Å². The van der Waals surface area contributed by atoms with Crippen molar-refractivity contribution in [3.63, 3.8) is 0 Å². The number of rotatable bonds is 7. The monoisotopic (exact) mass is 308 g/mol. The fourth-order valence-corrected chi connectivity index (χ4v) is 3.23. The summed E-state index contributed by atoms with van der Waals surface area (Å²) in [5.74, 6) is 0. The van der Waals surface area contributed by atoms with E-state index in [-0.39, 0.29) is 0 Å². The van der Waals surface area contributed by atoms with E-state index in [1.165, 1.54) is 31.1 Å². The molecule has 0 nitrogen and oxygen atoms in total. The van der Waals surface area contributed by atoms with Crippen molar-refractivity contribution in [2.24, 2.45) is 0 Å². The SMILES string of the molecule is CCCCCCCC(Cl)(Cl)c1cccc2ccccc12. The Morgan fingerprint density at radius 3 is 2.35 bits per heavy atom. The van der Waals surface area contributed by atoms with Crippen LogP contribution in [-0.2, 0) is 4.33 Å². The van der Waals surface area contributed by atoms with Crippen molar-refractivity contribution in [3.8, 4) is 0 Å². The van der Waals surface area contributed by atoms with Crippen molar-refractivity contribution in [1.29, 1.82) is 0 Å². The van der Waals surface area contributed by atoms with Crippen LogP contribution in [0.25, 0.3) is 10.8 Å². The van der Waals surface area contributed by atoms with Crippen molar-refractivity contribution < 1.29 is 0 Å². The number of hydrogen-bond acceptors (Lipinski definition) is 0. The maximum absolute atomic E-state index is 6.62. The molecular weight excluding hydrogens is 287 g/mol. The molecule has 2 aromatic carbocycles. The molecule has 0 fully saturated rings. The van der Waals surface area contributed by atoms with Gasteiger partial charge in [-0.1, -0.05) is 105 Å². The summed E-state index contributed by atoms with van der Waals surface area (Å²) in [5, 5.41) is 2.36. The zero-order valence-corrected chi connectivity index (χ0v) is 13.6. The first-order valence-corrected chi connectivity index (χ1v) is 8.27. The highest BCUT2D eigenvalue weighted by atomic mass is 35.5. The first kappa shape index (κ1) is 15.7. The summed E-state index contributed by atoms with van der Waals surface area (Å²) in [6, 6.07) is 14.5. The molecule has 0 spiro atoms. The van der Waals surface area contributed by atoms with Gasteiger partial charge in [0.15, 0.2) is 0 Å². The molecule has 0 atom stereocenters. The zero-order valence-electron chi connectivity index (χ0n) is 12.0. The molecule has 0 aliphatic heterocycles. The molecule has 0 amide bonds. The molecule has 0 aromatic heterocycles. The second kappa shape index (κ2) is 7.33. The largest absolute Gasteiger partial charge is 0.143 e. The molecule has 0 radical (unpaired) electrons. The molecule has 0 aliphatic rings. The van der Waals surface area contributed by atoms with Crippen molar-refractivity contribution >= 4 is 34.0 Å². The van der Waals surface area contributed by atoms with E-state index in [9.17, 15) is 0 Å². The van der Waals surface area contributed by atoms with Crippen molar-refractivity contribution in [1.82, 2.24) is 0 Å². The van der Waals surface area contributed by atoms with Crippen LogP contribution in [0.2, 0.25) is 0 Å². The number of benzene rings is 2. The van der Waals surface area contributed by atoms with Crippen LogP contribution >= 0.6 is 23.2 Å². The molecule has 20 heavy (non-hydrogen) atoms. The topological polar surface area (TPSA) is 0 Å². The molecular formula is C18H22Cl2. The maximum Gasteiger partial charge on any atom is 0.143 e. The Labute approximate surface area is 132 Å². The minimum atomic E-state index is -0.785. The van der Waals surface area contributed by atoms with Gasteiger partial charge in [0.05, 0.1) is 0 Å². The van der Waals surface area contributed by atoms with E-state index in [4.69, 9.17) is 23.2 Å². The number of fused-ring (bicyclic) bond motifs is 1. The van der Waals surface area contributed by atoms with Crippen LogP contribution < -0.4 is 0 Å². The van der Waals surface area contributed by atoms with Gasteiger partial charge in [-0.25, -0.2) is 0 Å². The lowest BCUT2D eigenvalue weighted by Gasteiger charge is -2.22. The van der Waals surface area contributed by atoms with Gasteiger partial charge in [-0.3, -0.25) is 0 Å². The highest BCUT2D eigenvalue weighted by Crippen LogP contribution is 2.42. The standard InChI is InChI=1S/C18H22Cl2/c1-2-3-4-5-8-14-18(19,20)17-13-9-11-15-10-6-7-12-16(15)17/h6-7,9-13H,2-5,8,14H2,1H3. The Morgan fingerprint density at radius 1 is 0.850 bits per heavy atom. The molecule has 2 heteroatoms. The van der Waals surface area contributed by atoms with E-state index < -0.39 is 4.33 Å². The zero-order chi connectivity index (χ0) is 14.4. The van der Waals surface area contributed by atoms with E-state index in [2.05, 4.69) is 25.1 Å². The Kier molecular flexibility index (Phi) is 5.74. The molecule has 0 N–H and O–H groups in total. The van der Waals surface area contributed by atoms with Crippen LogP contribution in [0.3, 0.4) is 0 Å². The van der Waals surface area contributed by atoms with Crippen LogP contribution in [0.15, 0.2) is 42.5 Å². The first-order valence-electron chi connectivity index (χ1n) is 7.51. The molecule has 2 aromatic rings. The molecule has 0 unspecified atom stereocenters. The normalized spacial score (nSPS) is 11.9. The predicted molar refractivity (Wildman–Crippen MR) is 90.7 cm³/mol. The van der Waals surface area contributed by atoms with Crippen LogP contribution in [0.1, 0.15) is 51.0 Å². The Hall–Kier alpha value is -0.720. The summed E-state index contributed by atoms with van der Waals surface area (Å²) in [6.07, 6.45) is 6.93. The molecule has 0 aliphatic carbocycles. The average molecular weight is 309 g/mol. The Morgan fingerprint density at radius 2 is 1.55 bits per heavy atom. The van der Waals surface area contributed by atoms with Gasteiger partial charge in [0.25, 0.3) is 0 Å². The second-order valence-corrected chi connectivity index (χ2v) is 6.88. The smallest absolute Gasteiger partial charge is 0.0963 e. The minimum absolute atomic E-state index is 0.785. The van der Waals surface area contributed by atoms with Crippen molar-refractivity contribution in [2.45, 2.75) is 49.8 Å². The Balaban J connectivity index is 2.11. The lowest BCUT2D eigenvalue weighted by Crippen LogP contribution is -2.10. The Bertz CT molecular complexity index is 541. The van der Waals surface area contributed by atoms with E-state index in [0.29, 0.717) is 0 Å². The summed E-state index contributed by atoms with van der Waals surface area (Å²) in [5.41, 5.74) is 1.04. The van der Waals surface area contributed by atoms with Gasteiger partial charge < -0.3 is 0 Å². The molecule has 2 rings (SSSR count). The number of alkyl halides is 2. The van der Waals surface area contributed by atoms with Gasteiger partial charge in [0, 0.05) is 0 Å². The summed E-state index contributed by atoms with van der Waals surface area (Å²) >= 11 is 13.2. The quantitative estimate of drug-likeness (QED) is 0.388. The van der Waals surface area contributed by atoms with Gasteiger partial charge in [-0.05, 0) is 22.8 Å². The highest BCUT2D eigenvalue weighted by molar-refractivity contribution is 6.48. The minimum Gasteiger partial charge on any atom is -0.0963 e. The lowest BCUT2D eigenvalue weighted by atomic mass is 9.98. The second-order valence-electron chi connectivity index (χ2n) is 5.40. The molecule has 0 heterocycles. The number of unbranched alkanes of at least 4 members (excludes halogenated alkanes) is 4. The molecule has 0 saturated heterocycles. The third kappa shape index (κ3) is 3.90. The third-order valence-electron chi connectivity index (χ3n) is 3.78. The van der Waals surface area contributed by atoms with Crippen LogP contribution in [0.4, 0.5) is 0 Å². The average Bonchev–Trinajstić information content (AvgIpc) is 2.46. The van der Waals surface area contributed by atoms with E-state index in [1.807, 2.05) is 24.3 Å². The summed E-state index contributed by atoms with van der Waals surface area (Å²) in [4.78, 5) is 0. The molecule has 0 bridgehead atoms. The number of hydrogen-bond donors (Lipinski definition) is 0. The van der Waals surface area contributed by atoms with Crippen molar-refractivity contribution in [3.05, 3.63) is 48.0 Å². The fraction of sp³-hybridized carbons (Fsp3) is 0.444. The van der Waals surface area contributed by atoms with Gasteiger partial charge >= 0.3 is 0 Å². The van der Waals surface area contributed by atoms with Crippen LogP contribution in [0.5, 0.6) is 0 Å². The number of halogens is 2. The first-order chi connectivity index (χ1) is 9.65. The predicted octanol–water partition coefficient (Wildman–Crippen LogP) is 6.83. The fourth-order valence-electron chi connectivity index (χ4n) is 2.63. The van der Waals surface area contributed by atoms with Gasteiger partial charge in [-0.2, -0.15) is 0 Å². The summed E-state index contributed by atoms with van der Waals surface area (Å²) < 4.78 is -0.785. The van der Waals surface area contributed by atoms with Crippen molar-refractivity contribution in [2.75, 3.05) is 0 Å². The third-order valence-corrected chi connectivity index (χ3v) is 4.56. The maximum atomic E-state index is 6.62. The van der Waals surface area contributed by atoms with Gasteiger partial charge in [0.2, 0.25) is 0 Å². The van der Waals surface area contributed by atoms with Gasteiger partial charge in [0.1, 0.15) is 4.33 Å². The summed E-state index contributed by atoms with van der Waals surface area (Å²) in [6.45, 7) is 2.23. The van der Waals surface area contributed by atoms with E-state index in [0.717, 1.165) is 23.8 Å². The highest BCUT2D eigenvalue weighted by Gasteiger charge is 2.27. The van der Waals surface area contributed by atoms with E-state index >= 15 is 0 Å². The van der Waals surface area contributed by atoms with Crippen LogP contribution in [-0.4, -0.2) is 0 Å². The molecule has 0 saturated carbocycles. The van der Waals surface area contributed by atoms with Crippen LogP contribution in [0, 0.1) is 0 Å². The lowest BCUT2D eigenvalue weighted by molar-refractivity contribution is 0.585. The molecule has 108 valence electrons.